The molecule has 0 radical (unpaired) electrons. The normalized spacial score (nSPS) is 2.83. The van der Waals surface area contributed by atoms with Crippen LogP contribution in [0.15, 0.2) is 0 Å². The van der Waals surface area contributed by atoms with E-state index >= 15 is 0 Å². The predicted octanol–water partition coefficient (Wildman–Crippen LogP) is 0.166. The second-order valence-corrected chi connectivity index (χ2v) is 0.447. The van der Waals surface area contributed by atoms with Crippen LogP contribution in [0, 0.1) is 21.3 Å². The van der Waals surface area contributed by atoms with Crippen molar-refractivity contribution >= 4 is 17.7 Å². The summed E-state index contributed by atoms with van der Waals surface area (Å²) in [5, 5.41) is 14.6. The van der Waals surface area contributed by atoms with Crippen molar-refractivity contribution in [1.82, 2.24) is 0 Å². The van der Waals surface area contributed by atoms with Gasteiger partial charge in [-0.3, -0.25) is 0 Å². The maximum atomic E-state index is 7.32. The van der Waals surface area contributed by atoms with E-state index in [2.05, 4.69) is 0 Å². The summed E-state index contributed by atoms with van der Waals surface area (Å²) in [5.74, 6) is 0. The molecule has 0 rings (SSSR count). The van der Waals surface area contributed by atoms with Gasteiger partial charge in [0.15, 0.2) is 0 Å². The Morgan fingerprint density at radius 2 is 1.50 bits per heavy atom. The number of rotatable bonds is 0. The van der Waals surface area contributed by atoms with Crippen molar-refractivity contribution in [2.45, 2.75) is 6.92 Å². The Bertz CT molecular complexity index is 63.8. The molecule has 2 nitrogen and oxygen atoms in total. The van der Waals surface area contributed by atoms with E-state index < -0.39 is 0 Å². The third-order valence-electron chi connectivity index (χ3n) is 0. The Morgan fingerprint density at radius 1 is 1.50 bits per heavy atom. The van der Waals surface area contributed by atoms with Crippen LogP contribution in [0.4, 0.5) is 0 Å². The fourth-order valence-electron chi connectivity index (χ4n) is 0. The molecule has 0 heterocycles. The first-order chi connectivity index (χ1) is 2.83. The van der Waals surface area contributed by atoms with Crippen LogP contribution < -0.4 is 0 Å². The monoisotopic (exact) mass is 74.0 g/mol. The van der Waals surface area contributed by atoms with Crippen LogP contribution in [-0.4, -0.2) is 17.7 Å². The molecule has 0 bridgehead atoms. The molecule has 0 aromatic carbocycles. The standard InChI is InChI=1S/C2H3N.CN.Li/c1-2-3;1-2;/h1H3;;. The molecule has 0 saturated heterocycles. The molecule has 0 amide bonds. The molecule has 0 unspecified atom stereocenters. The van der Waals surface area contributed by atoms with Gasteiger partial charge in [0.2, 0.25) is 0 Å². The van der Waals surface area contributed by atoms with Gasteiger partial charge in [0.25, 0.3) is 0 Å². The van der Waals surface area contributed by atoms with Crippen LogP contribution >= 0.6 is 0 Å². The van der Waals surface area contributed by atoms with E-state index in [0.29, 0.717) is 0 Å². The summed E-state index contributed by atoms with van der Waals surface area (Å²) in [7, 11) is 0. The fraction of sp³-hybridized carbons (Fsp3) is 0.333. The second kappa shape index (κ2) is 23.5. The summed E-state index contributed by atoms with van der Waals surface area (Å²) in [6, 6.07) is 1.75. The zero-order chi connectivity index (χ0) is 5.41. The first kappa shape index (κ1) is 9.13. The van der Waals surface area contributed by atoms with Crippen LogP contribution in [0.1, 0.15) is 6.92 Å². The Kier molecular flexibility index (Phi) is 35.8. The van der Waals surface area contributed by atoms with Crippen molar-refractivity contribution in [3.8, 4) is 10.8 Å². The SMILES string of the molecule is CC#N.[Li][C]#N. The van der Waals surface area contributed by atoms with Gasteiger partial charge in [-0.05, 0) is 0 Å². The van der Waals surface area contributed by atoms with Crippen molar-refractivity contribution in [2.24, 2.45) is 0 Å². The average Bonchev–Trinajstić information content (AvgIpc) is 1.39. The predicted molar refractivity (Wildman–Crippen MR) is 22.7 cm³/mol. The Morgan fingerprint density at radius 3 is 1.50 bits per heavy atom. The van der Waals surface area contributed by atoms with E-state index in [1.807, 2.05) is 0 Å². The molecule has 3 heteroatoms. The van der Waals surface area contributed by atoms with E-state index in [0.717, 1.165) is 0 Å². The van der Waals surface area contributed by atoms with Crippen molar-refractivity contribution < 1.29 is 0 Å². The van der Waals surface area contributed by atoms with Gasteiger partial charge in [-0.1, -0.05) is 0 Å². The van der Waals surface area contributed by atoms with Gasteiger partial charge in [-0.2, -0.15) is 5.26 Å². The van der Waals surface area contributed by atoms with Gasteiger partial charge in [0.05, 0.1) is 6.07 Å². The van der Waals surface area contributed by atoms with Crippen LogP contribution in [0.5, 0.6) is 0 Å². The number of hydrogen-bond donors (Lipinski definition) is 0. The fourth-order valence-corrected chi connectivity index (χ4v) is 0. The Labute approximate surface area is 46.6 Å². The first-order valence-corrected chi connectivity index (χ1v) is 1.45. The Balaban J connectivity index is 0. The van der Waals surface area contributed by atoms with E-state index in [1.54, 1.807) is 10.8 Å². The molecule has 0 aliphatic carbocycles. The van der Waals surface area contributed by atoms with Crippen LogP contribution in [0.25, 0.3) is 0 Å². The summed E-state index contributed by atoms with van der Waals surface area (Å²) in [6.07, 6.45) is 0. The summed E-state index contributed by atoms with van der Waals surface area (Å²) in [4.78, 5) is 0. The molecular weight excluding hydrogens is 71.0 g/mol. The van der Waals surface area contributed by atoms with Crippen molar-refractivity contribution in [3.63, 3.8) is 0 Å². The topological polar surface area (TPSA) is 47.6 Å². The minimum absolute atomic E-state index is 1.43. The van der Waals surface area contributed by atoms with Gasteiger partial charge < -0.3 is 0 Å². The molecule has 0 aromatic heterocycles. The summed E-state index contributed by atoms with van der Waals surface area (Å²) >= 11 is 1.43. The van der Waals surface area contributed by atoms with Gasteiger partial charge in [-0.25, -0.2) is 0 Å². The maximum absolute atomic E-state index is 7.32. The molecule has 0 atom stereocenters. The van der Waals surface area contributed by atoms with Crippen molar-refractivity contribution in [2.75, 3.05) is 0 Å². The van der Waals surface area contributed by atoms with E-state index in [-0.39, 0.29) is 0 Å². The van der Waals surface area contributed by atoms with Gasteiger partial charge in [0, 0.05) is 6.92 Å². The van der Waals surface area contributed by atoms with E-state index in [4.69, 9.17) is 10.5 Å². The number of nitriles is 2. The van der Waals surface area contributed by atoms with Gasteiger partial charge >= 0.3 is 27.7 Å². The second-order valence-electron chi connectivity index (χ2n) is 0.447. The molecular formula is C3H3LiN2. The van der Waals surface area contributed by atoms with Gasteiger partial charge in [-0.15, -0.1) is 0 Å². The molecule has 0 spiro atoms. The van der Waals surface area contributed by atoms with Crippen LogP contribution in [0.3, 0.4) is 0 Å². The molecule has 0 N–H and O–H groups in total. The third-order valence-corrected chi connectivity index (χ3v) is 0. The summed E-state index contributed by atoms with van der Waals surface area (Å²) in [6.45, 7) is 1.43. The van der Waals surface area contributed by atoms with E-state index in [1.165, 1.54) is 24.6 Å². The Hall–Kier alpha value is -0.423. The number of nitrogens with zero attached hydrogens (tertiary/aromatic N) is 2. The molecule has 0 saturated carbocycles. The van der Waals surface area contributed by atoms with Crippen molar-refractivity contribution in [1.29, 1.82) is 10.5 Å². The molecule has 0 aromatic rings. The minimum atomic E-state index is 1.43. The third kappa shape index (κ3) is 133. The quantitative estimate of drug-likeness (QED) is 0.384. The van der Waals surface area contributed by atoms with E-state index in [9.17, 15) is 0 Å². The summed E-state index contributed by atoms with van der Waals surface area (Å²) in [5.41, 5.74) is 0. The zero-order valence-corrected chi connectivity index (χ0v) is 3.89. The first-order valence-electron chi connectivity index (χ1n) is 1.45. The van der Waals surface area contributed by atoms with Crippen LogP contribution in [0.2, 0.25) is 0 Å². The number of hydrogen-bond acceptors (Lipinski definition) is 2. The summed E-state index contributed by atoms with van der Waals surface area (Å²) < 4.78 is 1.75. The molecule has 6 heavy (non-hydrogen) atoms. The molecule has 0 aliphatic rings. The molecule has 0 fully saturated rings. The van der Waals surface area contributed by atoms with Crippen molar-refractivity contribution in [3.05, 3.63) is 0 Å². The zero-order valence-electron chi connectivity index (χ0n) is 3.89. The molecule has 26 valence electrons. The van der Waals surface area contributed by atoms with Gasteiger partial charge in [0.1, 0.15) is 0 Å². The average molecular weight is 74.0 g/mol. The van der Waals surface area contributed by atoms with Crippen LogP contribution in [-0.2, 0) is 0 Å². The molecule has 0 aliphatic heterocycles.